The molecule has 1 aromatic heterocycles. The van der Waals surface area contributed by atoms with Gasteiger partial charge in [-0.1, -0.05) is 5.16 Å². The molecular weight excluding hydrogens is 332 g/mol. The van der Waals surface area contributed by atoms with E-state index in [9.17, 15) is 4.79 Å². The predicted molar refractivity (Wildman–Crippen MR) is 96.9 cm³/mol. The first kappa shape index (κ1) is 17.8. The Balaban J connectivity index is 1.18. The zero-order valence-corrected chi connectivity index (χ0v) is 15.9. The van der Waals surface area contributed by atoms with E-state index in [1.165, 1.54) is 5.56 Å². The van der Waals surface area contributed by atoms with Crippen molar-refractivity contribution in [1.29, 1.82) is 0 Å². The molecule has 7 heteroatoms. The van der Waals surface area contributed by atoms with E-state index >= 15 is 0 Å². The second-order valence-corrected chi connectivity index (χ2v) is 8.23. The second kappa shape index (κ2) is 7.19. The fraction of sp³-hybridized carbons (Fsp3) is 0.789. The Labute approximate surface area is 155 Å². The van der Waals surface area contributed by atoms with Crippen molar-refractivity contribution in [3.63, 3.8) is 0 Å². The van der Waals surface area contributed by atoms with Gasteiger partial charge in [0, 0.05) is 44.8 Å². The number of aryl methyl sites for hydroxylation is 2. The van der Waals surface area contributed by atoms with E-state index in [1.807, 2.05) is 18.7 Å². The summed E-state index contributed by atoms with van der Waals surface area (Å²) in [7, 11) is 0. The van der Waals surface area contributed by atoms with Crippen molar-refractivity contribution < 1.29 is 14.1 Å². The van der Waals surface area contributed by atoms with Gasteiger partial charge in [-0.05, 0) is 45.4 Å². The molecule has 3 saturated heterocycles. The van der Waals surface area contributed by atoms with Crippen LogP contribution in [-0.4, -0.2) is 65.9 Å². The molecule has 1 spiro atoms. The molecule has 0 aromatic carbocycles. The van der Waals surface area contributed by atoms with Crippen LogP contribution in [-0.2, 0) is 11.3 Å². The summed E-state index contributed by atoms with van der Waals surface area (Å²) in [5.74, 6) is 1.35. The van der Waals surface area contributed by atoms with E-state index in [0.717, 1.165) is 83.0 Å². The average molecular weight is 362 g/mol. The summed E-state index contributed by atoms with van der Waals surface area (Å²) < 4.78 is 11.5. The lowest BCUT2D eigenvalue weighted by Crippen LogP contribution is -2.64. The zero-order chi connectivity index (χ0) is 18.1. The molecule has 3 aliphatic rings. The number of nitrogens with one attached hydrogen (secondary N) is 1. The number of ether oxygens (including phenoxy) is 1. The molecule has 3 aliphatic heterocycles. The number of carbonyl (C=O) groups is 1. The van der Waals surface area contributed by atoms with Gasteiger partial charge in [-0.2, -0.15) is 0 Å². The number of urea groups is 1. The van der Waals surface area contributed by atoms with Gasteiger partial charge in [0.25, 0.3) is 0 Å². The number of hydrogen-bond acceptors (Lipinski definition) is 5. The lowest BCUT2D eigenvalue weighted by Gasteiger charge is -2.53. The number of amides is 2. The monoisotopic (exact) mass is 362 g/mol. The fourth-order valence-electron chi connectivity index (χ4n) is 4.42. The third-order valence-corrected chi connectivity index (χ3v) is 6.16. The van der Waals surface area contributed by atoms with Gasteiger partial charge in [0.05, 0.1) is 17.9 Å². The van der Waals surface area contributed by atoms with Crippen LogP contribution in [0.4, 0.5) is 4.79 Å². The molecule has 0 bridgehead atoms. The summed E-state index contributed by atoms with van der Waals surface area (Å²) in [6.07, 6.45) is 4.47. The predicted octanol–water partition coefficient (Wildman–Crippen LogP) is 2.08. The summed E-state index contributed by atoms with van der Waals surface area (Å²) in [4.78, 5) is 16.4. The highest BCUT2D eigenvalue weighted by atomic mass is 16.5. The Morgan fingerprint density at radius 3 is 2.69 bits per heavy atom. The first-order valence-electron chi connectivity index (χ1n) is 9.85. The Bertz CT molecular complexity index is 618. The van der Waals surface area contributed by atoms with Crippen molar-refractivity contribution in [3.8, 4) is 0 Å². The van der Waals surface area contributed by atoms with Gasteiger partial charge in [-0.3, -0.25) is 4.90 Å². The lowest BCUT2D eigenvalue weighted by molar-refractivity contribution is -0.181. The summed E-state index contributed by atoms with van der Waals surface area (Å²) in [6.45, 7) is 10.1. The van der Waals surface area contributed by atoms with Gasteiger partial charge in [0.1, 0.15) is 5.76 Å². The van der Waals surface area contributed by atoms with E-state index in [1.54, 1.807) is 0 Å². The van der Waals surface area contributed by atoms with Crippen molar-refractivity contribution in [2.24, 2.45) is 5.92 Å². The van der Waals surface area contributed by atoms with Crippen LogP contribution in [0.1, 0.15) is 42.7 Å². The molecule has 2 amide bonds. The molecule has 1 N–H and O–H groups in total. The normalized spacial score (nSPS) is 25.5. The third-order valence-electron chi connectivity index (χ3n) is 6.16. The van der Waals surface area contributed by atoms with Crippen LogP contribution in [0.3, 0.4) is 0 Å². The van der Waals surface area contributed by atoms with E-state index in [0.29, 0.717) is 5.92 Å². The Hall–Kier alpha value is -1.60. The van der Waals surface area contributed by atoms with E-state index in [2.05, 4.69) is 15.4 Å². The molecule has 4 heterocycles. The molecule has 4 rings (SSSR count). The molecule has 3 fully saturated rings. The molecule has 0 radical (unpaired) electrons. The van der Waals surface area contributed by atoms with Gasteiger partial charge >= 0.3 is 6.03 Å². The first-order chi connectivity index (χ1) is 12.5. The number of rotatable bonds is 4. The van der Waals surface area contributed by atoms with Crippen LogP contribution in [0.2, 0.25) is 0 Å². The number of likely N-dealkylation sites (tertiary alicyclic amines) is 2. The molecular formula is C19H30N4O3. The minimum Gasteiger partial charge on any atom is -0.372 e. The van der Waals surface area contributed by atoms with Crippen LogP contribution >= 0.6 is 0 Å². The fourth-order valence-corrected chi connectivity index (χ4v) is 4.42. The van der Waals surface area contributed by atoms with Crippen molar-refractivity contribution in [2.45, 2.75) is 51.7 Å². The SMILES string of the molecule is Cc1noc(C)c1CN1CC2(CCC(CNC(=O)N3CCCC3)CO2)C1. The van der Waals surface area contributed by atoms with Gasteiger partial charge in [0.15, 0.2) is 0 Å². The largest absolute Gasteiger partial charge is 0.372 e. The standard InChI is InChI=1S/C19H30N4O3/c1-14-17(15(2)26-21-14)10-22-12-19(13-22)6-5-16(11-25-19)9-20-18(24)23-7-3-4-8-23/h16H,3-13H2,1-2H3,(H,20,24). The molecule has 1 atom stereocenters. The zero-order valence-electron chi connectivity index (χ0n) is 15.9. The smallest absolute Gasteiger partial charge is 0.317 e. The molecule has 7 nitrogen and oxygen atoms in total. The van der Waals surface area contributed by atoms with E-state index in [-0.39, 0.29) is 11.6 Å². The molecule has 144 valence electrons. The quantitative estimate of drug-likeness (QED) is 0.888. The maximum Gasteiger partial charge on any atom is 0.317 e. The van der Waals surface area contributed by atoms with Crippen LogP contribution in [0.5, 0.6) is 0 Å². The minimum absolute atomic E-state index is 0.0223. The number of aromatic nitrogens is 1. The van der Waals surface area contributed by atoms with Gasteiger partial charge in [0.2, 0.25) is 0 Å². The topological polar surface area (TPSA) is 70.8 Å². The van der Waals surface area contributed by atoms with E-state index in [4.69, 9.17) is 9.26 Å². The summed E-state index contributed by atoms with van der Waals surface area (Å²) in [6, 6.07) is 0.0945. The Kier molecular flexibility index (Phi) is 4.92. The third kappa shape index (κ3) is 3.60. The highest BCUT2D eigenvalue weighted by Crippen LogP contribution is 2.37. The Morgan fingerprint density at radius 1 is 1.31 bits per heavy atom. The van der Waals surface area contributed by atoms with Crippen LogP contribution < -0.4 is 5.32 Å². The molecule has 1 aromatic rings. The number of hydrogen-bond donors (Lipinski definition) is 1. The molecule has 26 heavy (non-hydrogen) atoms. The van der Waals surface area contributed by atoms with Crippen LogP contribution in [0.25, 0.3) is 0 Å². The maximum absolute atomic E-state index is 12.1. The average Bonchev–Trinajstić information content (AvgIpc) is 3.25. The highest BCUT2D eigenvalue weighted by Gasteiger charge is 2.46. The van der Waals surface area contributed by atoms with E-state index < -0.39 is 0 Å². The molecule has 0 aliphatic carbocycles. The van der Waals surface area contributed by atoms with Crippen molar-refractivity contribution in [3.05, 3.63) is 17.0 Å². The summed E-state index contributed by atoms with van der Waals surface area (Å²) in [5.41, 5.74) is 2.22. The van der Waals surface area contributed by atoms with Crippen LogP contribution in [0.15, 0.2) is 4.52 Å². The first-order valence-corrected chi connectivity index (χ1v) is 9.85. The number of nitrogens with zero attached hydrogens (tertiary/aromatic N) is 3. The van der Waals surface area contributed by atoms with Crippen molar-refractivity contribution in [1.82, 2.24) is 20.3 Å². The van der Waals surface area contributed by atoms with Gasteiger partial charge in [-0.15, -0.1) is 0 Å². The molecule has 0 saturated carbocycles. The second-order valence-electron chi connectivity index (χ2n) is 8.23. The van der Waals surface area contributed by atoms with Crippen molar-refractivity contribution in [2.75, 3.05) is 39.3 Å². The van der Waals surface area contributed by atoms with Gasteiger partial charge < -0.3 is 19.5 Å². The van der Waals surface area contributed by atoms with Crippen molar-refractivity contribution >= 4 is 6.03 Å². The lowest BCUT2D eigenvalue weighted by atomic mass is 9.82. The number of carbonyl (C=O) groups excluding carboxylic acids is 1. The Morgan fingerprint density at radius 2 is 2.08 bits per heavy atom. The highest BCUT2D eigenvalue weighted by molar-refractivity contribution is 5.74. The van der Waals surface area contributed by atoms with Crippen LogP contribution in [0, 0.1) is 19.8 Å². The summed E-state index contributed by atoms with van der Waals surface area (Å²) in [5, 5.41) is 7.12. The maximum atomic E-state index is 12.1. The van der Waals surface area contributed by atoms with Gasteiger partial charge in [-0.25, -0.2) is 4.79 Å². The molecule has 1 unspecified atom stereocenters. The minimum atomic E-state index is 0.0223. The summed E-state index contributed by atoms with van der Waals surface area (Å²) >= 11 is 0.